The van der Waals surface area contributed by atoms with Gasteiger partial charge in [0.15, 0.2) is 0 Å². The monoisotopic (exact) mass is 237 g/mol. The smallest absolute Gasteiger partial charge is 0.202 e. The van der Waals surface area contributed by atoms with Gasteiger partial charge in [0.2, 0.25) is 5.13 Å². The number of anilines is 1. The summed E-state index contributed by atoms with van der Waals surface area (Å²) in [4.78, 5) is 8.62. The molecule has 0 aliphatic rings. The Morgan fingerprint density at radius 3 is 3.06 bits per heavy atom. The van der Waals surface area contributed by atoms with Gasteiger partial charge in [0.05, 0.1) is 6.54 Å². The zero-order valence-electron chi connectivity index (χ0n) is 9.47. The second kappa shape index (κ2) is 5.07. The van der Waals surface area contributed by atoms with Gasteiger partial charge in [-0.3, -0.25) is 0 Å². The Morgan fingerprint density at radius 1 is 1.50 bits per heavy atom. The fraction of sp³-hybridized carbons (Fsp3) is 0.500. The molecule has 0 radical (unpaired) electrons. The lowest BCUT2D eigenvalue weighted by atomic mass is 10.3. The van der Waals surface area contributed by atoms with Gasteiger partial charge in [-0.05, 0) is 6.42 Å². The van der Waals surface area contributed by atoms with Gasteiger partial charge in [-0.15, -0.1) is 0 Å². The molecule has 2 rings (SSSR count). The summed E-state index contributed by atoms with van der Waals surface area (Å²) in [6, 6.07) is 0. The molecule has 1 N–H and O–H groups in total. The second-order valence-corrected chi connectivity index (χ2v) is 4.33. The minimum atomic E-state index is 0.685. The highest BCUT2D eigenvalue weighted by Crippen LogP contribution is 2.12. The molecule has 86 valence electrons. The average molecular weight is 237 g/mol. The molecule has 0 aromatic carbocycles. The molecule has 0 amide bonds. The van der Waals surface area contributed by atoms with Crippen LogP contribution >= 0.6 is 11.5 Å². The van der Waals surface area contributed by atoms with Crippen LogP contribution in [0, 0.1) is 0 Å². The fourth-order valence-electron chi connectivity index (χ4n) is 1.37. The zero-order chi connectivity index (χ0) is 11.4. The van der Waals surface area contributed by atoms with Gasteiger partial charge in [0.1, 0.15) is 11.6 Å². The summed E-state index contributed by atoms with van der Waals surface area (Å²) < 4.78 is 6.26. The van der Waals surface area contributed by atoms with Crippen LogP contribution in [0.3, 0.4) is 0 Å². The third kappa shape index (κ3) is 2.57. The van der Waals surface area contributed by atoms with Gasteiger partial charge in [-0.2, -0.15) is 4.37 Å². The Morgan fingerprint density at radius 2 is 2.38 bits per heavy atom. The van der Waals surface area contributed by atoms with Crippen LogP contribution in [0.4, 0.5) is 5.13 Å². The fourth-order valence-corrected chi connectivity index (χ4v) is 1.98. The standard InChI is InChI=1S/C10H15N5S/c1-3-4-8-13-10(16-14-8)12-7-9-11-5-6-15(9)2/h5-6H,3-4,7H2,1-2H3,(H,12,13,14). The summed E-state index contributed by atoms with van der Waals surface area (Å²) in [5, 5.41) is 4.10. The molecule has 0 unspecified atom stereocenters. The Kier molecular flexibility index (Phi) is 3.51. The molecule has 0 saturated carbocycles. The first kappa shape index (κ1) is 11.1. The van der Waals surface area contributed by atoms with E-state index in [1.165, 1.54) is 11.5 Å². The van der Waals surface area contributed by atoms with Crippen molar-refractivity contribution >= 4 is 16.7 Å². The Bertz CT molecular complexity index is 448. The number of rotatable bonds is 5. The maximum absolute atomic E-state index is 4.39. The van der Waals surface area contributed by atoms with E-state index in [9.17, 15) is 0 Å². The molecule has 0 fully saturated rings. The summed E-state index contributed by atoms with van der Waals surface area (Å²) in [5.41, 5.74) is 0. The molecule has 0 aliphatic heterocycles. The molecule has 2 aromatic rings. The van der Waals surface area contributed by atoms with Crippen LogP contribution in [0.1, 0.15) is 25.0 Å². The van der Waals surface area contributed by atoms with E-state index < -0.39 is 0 Å². The van der Waals surface area contributed by atoms with Crippen LogP contribution in [-0.2, 0) is 20.0 Å². The number of aromatic nitrogens is 4. The van der Waals surface area contributed by atoms with Crippen molar-refractivity contribution in [1.82, 2.24) is 18.9 Å². The third-order valence-corrected chi connectivity index (χ3v) is 2.97. The van der Waals surface area contributed by atoms with E-state index in [1.54, 1.807) is 6.20 Å². The first-order chi connectivity index (χ1) is 7.79. The van der Waals surface area contributed by atoms with Crippen LogP contribution in [0.15, 0.2) is 12.4 Å². The van der Waals surface area contributed by atoms with Gasteiger partial charge in [0.25, 0.3) is 0 Å². The third-order valence-electron chi connectivity index (χ3n) is 2.26. The lowest BCUT2D eigenvalue weighted by Gasteiger charge is -2.01. The number of imidazole rings is 1. The minimum absolute atomic E-state index is 0.685. The van der Waals surface area contributed by atoms with E-state index >= 15 is 0 Å². The second-order valence-electron chi connectivity index (χ2n) is 3.57. The van der Waals surface area contributed by atoms with E-state index in [2.05, 4.69) is 26.6 Å². The number of aryl methyl sites for hydroxylation is 2. The van der Waals surface area contributed by atoms with Crippen molar-refractivity contribution < 1.29 is 0 Å². The van der Waals surface area contributed by atoms with E-state index in [0.29, 0.717) is 6.54 Å². The highest BCUT2D eigenvalue weighted by Gasteiger charge is 2.04. The zero-order valence-corrected chi connectivity index (χ0v) is 10.3. The summed E-state index contributed by atoms with van der Waals surface area (Å²) in [5.74, 6) is 1.92. The van der Waals surface area contributed by atoms with Gasteiger partial charge < -0.3 is 9.88 Å². The number of nitrogens with zero attached hydrogens (tertiary/aromatic N) is 4. The van der Waals surface area contributed by atoms with E-state index in [4.69, 9.17) is 0 Å². The summed E-state index contributed by atoms with van der Waals surface area (Å²) in [7, 11) is 1.98. The van der Waals surface area contributed by atoms with Crippen molar-refractivity contribution in [2.45, 2.75) is 26.3 Å². The Hall–Kier alpha value is -1.43. The molecule has 16 heavy (non-hydrogen) atoms. The molecule has 5 nitrogen and oxygen atoms in total. The quantitative estimate of drug-likeness (QED) is 0.862. The molecular formula is C10H15N5S. The molecule has 0 bridgehead atoms. The van der Waals surface area contributed by atoms with Gasteiger partial charge in [-0.25, -0.2) is 9.97 Å². The maximum Gasteiger partial charge on any atom is 0.202 e. The van der Waals surface area contributed by atoms with Crippen molar-refractivity contribution in [3.8, 4) is 0 Å². The number of nitrogens with one attached hydrogen (secondary N) is 1. The van der Waals surface area contributed by atoms with Crippen LogP contribution in [-0.4, -0.2) is 18.9 Å². The molecule has 0 aliphatic carbocycles. The Balaban J connectivity index is 1.92. The first-order valence-electron chi connectivity index (χ1n) is 5.32. The lowest BCUT2D eigenvalue weighted by Crippen LogP contribution is -2.05. The van der Waals surface area contributed by atoms with E-state index in [0.717, 1.165) is 29.6 Å². The Labute approximate surface area is 98.7 Å². The van der Waals surface area contributed by atoms with Crippen LogP contribution in [0.2, 0.25) is 0 Å². The number of hydrogen-bond acceptors (Lipinski definition) is 5. The largest absolute Gasteiger partial charge is 0.353 e. The SMILES string of the molecule is CCCc1nsc(NCc2nccn2C)n1. The predicted octanol–water partition coefficient (Wildman–Crippen LogP) is 1.84. The molecule has 6 heteroatoms. The van der Waals surface area contributed by atoms with Gasteiger partial charge >= 0.3 is 0 Å². The van der Waals surface area contributed by atoms with E-state index in [-0.39, 0.29) is 0 Å². The van der Waals surface area contributed by atoms with Crippen molar-refractivity contribution in [3.63, 3.8) is 0 Å². The molecule has 2 heterocycles. The van der Waals surface area contributed by atoms with Crippen molar-refractivity contribution in [1.29, 1.82) is 0 Å². The van der Waals surface area contributed by atoms with Crippen LogP contribution in [0.25, 0.3) is 0 Å². The highest BCUT2D eigenvalue weighted by atomic mass is 32.1. The summed E-state index contributed by atoms with van der Waals surface area (Å²) in [6.45, 7) is 2.81. The molecular weight excluding hydrogens is 222 g/mol. The first-order valence-corrected chi connectivity index (χ1v) is 6.09. The summed E-state index contributed by atoms with van der Waals surface area (Å²) >= 11 is 1.41. The topological polar surface area (TPSA) is 55.6 Å². The molecule has 2 aromatic heterocycles. The van der Waals surface area contributed by atoms with Gasteiger partial charge in [0, 0.05) is 37.4 Å². The molecule has 0 saturated heterocycles. The molecule has 0 spiro atoms. The molecule has 0 atom stereocenters. The lowest BCUT2D eigenvalue weighted by molar-refractivity contribution is 0.810. The van der Waals surface area contributed by atoms with Crippen molar-refractivity contribution in [2.75, 3.05) is 5.32 Å². The van der Waals surface area contributed by atoms with Crippen molar-refractivity contribution in [2.24, 2.45) is 7.05 Å². The number of hydrogen-bond donors (Lipinski definition) is 1. The maximum atomic E-state index is 4.39. The van der Waals surface area contributed by atoms with E-state index in [1.807, 2.05) is 17.8 Å². The van der Waals surface area contributed by atoms with Crippen molar-refractivity contribution in [3.05, 3.63) is 24.0 Å². The van der Waals surface area contributed by atoms with Crippen LogP contribution < -0.4 is 5.32 Å². The summed E-state index contributed by atoms with van der Waals surface area (Å²) in [6.07, 6.45) is 5.75. The van der Waals surface area contributed by atoms with Gasteiger partial charge in [-0.1, -0.05) is 6.92 Å². The normalized spacial score (nSPS) is 10.6. The minimum Gasteiger partial charge on any atom is -0.353 e. The van der Waals surface area contributed by atoms with Crippen LogP contribution in [0.5, 0.6) is 0 Å². The average Bonchev–Trinajstić information content (AvgIpc) is 2.86. The predicted molar refractivity (Wildman–Crippen MR) is 64.4 cm³/mol. The highest BCUT2D eigenvalue weighted by molar-refractivity contribution is 7.09.